The summed E-state index contributed by atoms with van der Waals surface area (Å²) in [5.74, 6) is 0.990. The minimum atomic E-state index is -3.13. The Balaban J connectivity index is 1.95. The monoisotopic (exact) mass is 298 g/mol. The zero-order valence-corrected chi connectivity index (χ0v) is 12.7. The topological polar surface area (TPSA) is 59.5 Å². The number of rotatable bonds is 6. The molecule has 0 radical (unpaired) electrons. The van der Waals surface area contributed by atoms with Gasteiger partial charge in [0.2, 0.25) is 10.0 Å². The van der Waals surface area contributed by atoms with E-state index in [1.807, 2.05) is 6.92 Å². The fraction of sp³-hybridized carbons (Fsp3) is 0.643. The molecule has 1 unspecified atom stereocenters. The average Bonchev–Trinajstić information content (AvgIpc) is 2.47. The second kappa shape index (κ2) is 7.04. The van der Waals surface area contributed by atoms with E-state index in [0.29, 0.717) is 19.5 Å². The highest BCUT2D eigenvalue weighted by Gasteiger charge is 2.29. The average molecular weight is 298 g/mol. The fourth-order valence-corrected chi connectivity index (χ4v) is 4.03. The number of ether oxygens (including phenoxy) is 1. The maximum atomic E-state index is 12.2. The van der Waals surface area contributed by atoms with Gasteiger partial charge in [0, 0.05) is 18.9 Å². The van der Waals surface area contributed by atoms with E-state index in [-0.39, 0.29) is 11.9 Å². The van der Waals surface area contributed by atoms with Crippen molar-refractivity contribution in [1.29, 1.82) is 0 Å². The van der Waals surface area contributed by atoms with Gasteiger partial charge >= 0.3 is 0 Å². The summed E-state index contributed by atoms with van der Waals surface area (Å²) in [6, 6.07) is 3.59. The van der Waals surface area contributed by atoms with Gasteiger partial charge in [0.15, 0.2) is 0 Å². The minimum absolute atomic E-state index is 0.0671. The van der Waals surface area contributed by atoms with Crippen LogP contribution in [0, 0.1) is 0 Å². The van der Waals surface area contributed by atoms with E-state index in [1.165, 1.54) is 0 Å². The summed E-state index contributed by atoms with van der Waals surface area (Å²) >= 11 is 0. The van der Waals surface area contributed by atoms with Crippen LogP contribution in [-0.2, 0) is 10.0 Å². The standard InChI is InChI=1S/C14H22N2O3S/c1-2-3-11-20(17,18)16-10-4-5-14(12-16)19-13-6-8-15-9-7-13/h6-9,14H,2-5,10-12H2,1H3. The summed E-state index contributed by atoms with van der Waals surface area (Å²) in [6.07, 6.45) is 6.63. The van der Waals surface area contributed by atoms with E-state index in [4.69, 9.17) is 4.74 Å². The smallest absolute Gasteiger partial charge is 0.214 e. The molecule has 0 amide bonds. The Bertz CT molecular complexity index is 504. The maximum Gasteiger partial charge on any atom is 0.214 e. The van der Waals surface area contributed by atoms with Gasteiger partial charge in [0.25, 0.3) is 0 Å². The lowest BCUT2D eigenvalue weighted by atomic mass is 10.1. The molecule has 0 bridgehead atoms. The van der Waals surface area contributed by atoms with E-state index in [2.05, 4.69) is 4.98 Å². The lowest BCUT2D eigenvalue weighted by Crippen LogP contribution is -2.45. The van der Waals surface area contributed by atoms with Gasteiger partial charge in [0.1, 0.15) is 11.9 Å². The maximum absolute atomic E-state index is 12.2. The highest BCUT2D eigenvalue weighted by atomic mass is 32.2. The van der Waals surface area contributed by atoms with Crippen molar-refractivity contribution in [3.63, 3.8) is 0 Å². The summed E-state index contributed by atoms with van der Waals surface area (Å²) < 4.78 is 31.8. The van der Waals surface area contributed by atoms with Crippen molar-refractivity contribution in [2.45, 2.75) is 38.7 Å². The Morgan fingerprint density at radius 1 is 1.40 bits per heavy atom. The largest absolute Gasteiger partial charge is 0.489 e. The first-order chi connectivity index (χ1) is 9.62. The number of hydrogen-bond acceptors (Lipinski definition) is 4. The van der Waals surface area contributed by atoms with Crippen molar-refractivity contribution >= 4 is 10.0 Å². The number of sulfonamides is 1. The van der Waals surface area contributed by atoms with E-state index >= 15 is 0 Å². The van der Waals surface area contributed by atoms with Crippen LogP contribution in [0.2, 0.25) is 0 Å². The second-order valence-corrected chi connectivity index (χ2v) is 7.18. The Kier molecular flexibility index (Phi) is 5.37. The zero-order valence-electron chi connectivity index (χ0n) is 11.9. The Labute approximate surface area is 121 Å². The molecule has 1 aliphatic rings. The number of pyridine rings is 1. The third-order valence-corrected chi connectivity index (χ3v) is 5.37. The normalized spacial score (nSPS) is 20.8. The number of aromatic nitrogens is 1. The van der Waals surface area contributed by atoms with Crippen LogP contribution < -0.4 is 4.74 Å². The molecule has 1 fully saturated rings. The minimum Gasteiger partial charge on any atom is -0.489 e. The Morgan fingerprint density at radius 2 is 2.15 bits per heavy atom. The molecule has 0 aliphatic carbocycles. The summed E-state index contributed by atoms with van der Waals surface area (Å²) in [6.45, 7) is 3.07. The molecular weight excluding hydrogens is 276 g/mol. The van der Waals surface area contributed by atoms with Crippen molar-refractivity contribution in [2.75, 3.05) is 18.8 Å². The molecule has 1 saturated heterocycles. The van der Waals surface area contributed by atoms with Gasteiger partial charge < -0.3 is 4.74 Å². The first-order valence-electron chi connectivity index (χ1n) is 7.16. The summed E-state index contributed by atoms with van der Waals surface area (Å²) in [5, 5.41) is 0. The molecule has 0 spiro atoms. The van der Waals surface area contributed by atoms with Crippen LogP contribution >= 0.6 is 0 Å². The molecule has 112 valence electrons. The molecule has 1 aliphatic heterocycles. The lowest BCUT2D eigenvalue weighted by Gasteiger charge is -2.32. The zero-order chi connectivity index (χ0) is 14.4. The number of piperidine rings is 1. The summed E-state index contributed by atoms with van der Waals surface area (Å²) in [5.41, 5.74) is 0. The van der Waals surface area contributed by atoms with Gasteiger partial charge in [-0.3, -0.25) is 4.98 Å². The molecular formula is C14H22N2O3S. The molecule has 0 saturated carbocycles. The van der Waals surface area contributed by atoms with Crippen molar-refractivity contribution in [3.8, 4) is 5.75 Å². The first kappa shape index (κ1) is 15.3. The van der Waals surface area contributed by atoms with Crippen molar-refractivity contribution in [1.82, 2.24) is 9.29 Å². The van der Waals surface area contributed by atoms with Crippen LogP contribution in [0.25, 0.3) is 0 Å². The predicted octanol–water partition coefficient (Wildman–Crippen LogP) is 2.05. The molecule has 5 nitrogen and oxygen atoms in total. The molecule has 1 aromatic heterocycles. The van der Waals surface area contributed by atoms with E-state index in [9.17, 15) is 8.42 Å². The summed E-state index contributed by atoms with van der Waals surface area (Å²) in [7, 11) is -3.13. The number of nitrogens with zero attached hydrogens (tertiary/aromatic N) is 2. The molecule has 2 rings (SSSR count). The van der Waals surface area contributed by atoms with Gasteiger partial charge in [-0.15, -0.1) is 0 Å². The number of unbranched alkanes of at least 4 members (excludes halogenated alkanes) is 1. The predicted molar refractivity (Wildman–Crippen MR) is 78.2 cm³/mol. The molecule has 2 heterocycles. The molecule has 1 aromatic rings. The van der Waals surface area contributed by atoms with Crippen molar-refractivity contribution in [2.24, 2.45) is 0 Å². The summed E-state index contributed by atoms with van der Waals surface area (Å²) in [4.78, 5) is 3.94. The quantitative estimate of drug-likeness (QED) is 0.806. The highest BCUT2D eigenvalue weighted by molar-refractivity contribution is 7.89. The van der Waals surface area contributed by atoms with Crippen molar-refractivity contribution < 1.29 is 13.2 Å². The van der Waals surface area contributed by atoms with Gasteiger partial charge in [-0.2, -0.15) is 4.31 Å². The molecule has 20 heavy (non-hydrogen) atoms. The molecule has 6 heteroatoms. The SMILES string of the molecule is CCCCS(=O)(=O)N1CCCC(Oc2ccncc2)C1. The van der Waals surface area contributed by atoms with Crippen LogP contribution in [0.3, 0.4) is 0 Å². The lowest BCUT2D eigenvalue weighted by molar-refractivity contribution is 0.129. The van der Waals surface area contributed by atoms with E-state index in [0.717, 1.165) is 25.0 Å². The van der Waals surface area contributed by atoms with Crippen LogP contribution in [0.15, 0.2) is 24.5 Å². The first-order valence-corrected chi connectivity index (χ1v) is 8.77. The Hall–Kier alpha value is -1.14. The fourth-order valence-electron chi connectivity index (χ4n) is 2.32. The number of hydrogen-bond donors (Lipinski definition) is 0. The second-order valence-electron chi connectivity index (χ2n) is 5.09. The Morgan fingerprint density at radius 3 is 2.85 bits per heavy atom. The van der Waals surface area contributed by atoms with Crippen LogP contribution in [-0.4, -0.2) is 42.7 Å². The molecule has 1 atom stereocenters. The molecule has 0 aromatic carbocycles. The third-order valence-electron chi connectivity index (χ3n) is 3.44. The van der Waals surface area contributed by atoms with Gasteiger partial charge in [-0.25, -0.2) is 8.42 Å². The van der Waals surface area contributed by atoms with Gasteiger partial charge in [-0.05, 0) is 31.4 Å². The molecule has 0 N–H and O–H groups in total. The van der Waals surface area contributed by atoms with Gasteiger partial charge in [0.05, 0.1) is 12.3 Å². The van der Waals surface area contributed by atoms with Crippen LogP contribution in [0.1, 0.15) is 32.6 Å². The van der Waals surface area contributed by atoms with Crippen molar-refractivity contribution in [3.05, 3.63) is 24.5 Å². The van der Waals surface area contributed by atoms with Crippen LogP contribution in [0.4, 0.5) is 0 Å². The van der Waals surface area contributed by atoms with Gasteiger partial charge in [-0.1, -0.05) is 13.3 Å². The van der Waals surface area contributed by atoms with E-state index < -0.39 is 10.0 Å². The van der Waals surface area contributed by atoms with Crippen LogP contribution in [0.5, 0.6) is 5.75 Å². The third kappa shape index (κ3) is 4.18. The van der Waals surface area contributed by atoms with E-state index in [1.54, 1.807) is 28.8 Å². The highest BCUT2D eigenvalue weighted by Crippen LogP contribution is 2.20.